The fourth-order valence-electron chi connectivity index (χ4n) is 2.09. The van der Waals surface area contributed by atoms with Gasteiger partial charge in [-0.1, -0.05) is 0 Å². The van der Waals surface area contributed by atoms with Gasteiger partial charge in [0, 0.05) is 17.8 Å². The molecule has 0 saturated heterocycles. The molecule has 0 saturated carbocycles. The Hall–Kier alpha value is -2.57. The number of carboxylic acid groups (broad SMARTS) is 1. The number of hydrogen-bond donors (Lipinski definition) is 4. The second-order valence-corrected chi connectivity index (χ2v) is 4.58. The van der Waals surface area contributed by atoms with Gasteiger partial charge in [-0.05, 0) is 30.2 Å². The lowest BCUT2D eigenvalue weighted by atomic mass is 10.1. The number of rotatable bonds is 5. The van der Waals surface area contributed by atoms with E-state index in [0.29, 0.717) is 5.56 Å². The van der Waals surface area contributed by atoms with E-state index in [1.54, 1.807) is 18.2 Å². The zero-order valence-electron chi connectivity index (χ0n) is 10.7. The Labute approximate surface area is 115 Å². The van der Waals surface area contributed by atoms with Gasteiger partial charge in [0.15, 0.2) is 0 Å². The SMILES string of the molecule is NC(=O)C[C@@H](NC(=O)c1ccc2c(c1)CCN2)C(=O)O. The standard InChI is InChI=1S/C13H15N3O4/c14-11(17)6-10(13(19)20)16-12(18)8-1-2-9-7(5-8)3-4-15-9/h1-2,5,10,15H,3-4,6H2,(H2,14,17)(H,16,18)(H,19,20)/t10-/m1/s1. The molecule has 2 rings (SSSR count). The van der Waals surface area contributed by atoms with Crippen molar-refractivity contribution in [3.8, 4) is 0 Å². The summed E-state index contributed by atoms with van der Waals surface area (Å²) in [5.74, 6) is -2.61. The number of aliphatic carboxylic acids is 1. The van der Waals surface area contributed by atoms with Crippen LogP contribution >= 0.6 is 0 Å². The fraction of sp³-hybridized carbons (Fsp3) is 0.308. The first-order valence-electron chi connectivity index (χ1n) is 6.16. The van der Waals surface area contributed by atoms with E-state index >= 15 is 0 Å². The summed E-state index contributed by atoms with van der Waals surface area (Å²) in [6, 6.07) is 3.79. The minimum atomic E-state index is -1.31. The molecule has 7 nitrogen and oxygen atoms in total. The molecule has 20 heavy (non-hydrogen) atoms. The first-order chi connectivity index (χ1) is 9.47. The number of anilines is 1. The van der Waals surface area contributed by atoms with Crippen LogP contribution in [0.5, 0.6) is 0 Å². The van der Waals surface area contributed by atoms with E-state index in [-0.39, 0.29) is 0 Å². The molecule has 2 amide bonds. The third kappa shape index (κ3) is 3.05. The average Bonchev–Trinajstić information content (AvgIpc) is 2.84. The molecule has 1 aromatic carbocycles. The molecule has 1 aliphatic heterocycles. The van der Waals surface area contributed by atoms with Crippen LogP contribution in [0.4, 0.5) is 5.69 Å². The van der Waals surface area contributed by atoms with Gasteiger partial charge in [0.2, 0.25) is 5.91 Å². The van der Waals surface area contributed by atoms with E-state index in [4.69, 9.17) is 10.8 Å². The maximum atomic E-state index is 12.0. The number of benzene rings is 1. The molecule has 1 aliphatic rings. The highest BCUT2D eigenvalue weighted by molar-refractivity contribution is 5.98. The number of fused-ring (bicyclic) bond motifs is 1. The van der Waals surface area contributed by atoms with Crippen LogP contribution in [0.2, 0.25) is 0 Å². The van der Waals surface area contributed by atoms with E-state index in [9.17, 15) is 14.4 Å². The Bertz CT molecular complexity index is 571. The van der Waals surface area contributed by atoms with Crippen molar-refractivity contribution in [1.29, 1.82) is 0 Å². The quantitative estimate of drug-likeness (QED) is 0.589. The Kier molecular flexibility index (Phi) is 3.88. The van der Waals surface area contributed by atoms with Crippen LogP contribution in [-0.4, -0.2) is 35.5 Å². The molecule has 1 atom stereocenters. The van der Waals surface area contributed by atoms with E-state index in [0.717, 1.165) is 24.2 Å². The van der Waals surface area contributed by atoms with Crippen molar-refractivity contribution < 1.29 is 19.5 Å². The summed E-state index contributed by atoms with van der Waals surface area (Å²) >= 11 is 0. The summed E-state index contributed by atoms with van der Waals surface area (Å²) in [7, 11) is 0. The molecule has 0 bridgehead atoms. The highest BCUT2D eigenvalue weighted by Crippen LogP contribution is 2.22. The van der Waals surface area contributed by atoms with E-state index in [1.165, 1.54) is 0 Å². The molecule has 106 valence electrons. The number of primary amides is 1. The first kappa shape index (κ1) is 13.9. The Balaban J connectivity index is 2.10. The maximum Gasteiger partial charge on any atom is 0.326 e. The van der Waals surface area contributed by atoms with Crippen LogP contribution in [0.15, 0.2) is 18.2 Å². The zero-order chi connectivity index (χ0) is 14.7. The normalized spacial score (nSPS) is 14.0. The van der Waals surface area contributed by atoms with Crippen LogP contribution in [0.25, 0.3) is 0 Å². The van der Waals surface area contributed by atoms with Gasteiger partial charge in [-0.15, -0.1) is 0 Å². The first-order valence-corrected chi connectivity index (χ1v) is 6.16. The summed E-state index contributed by atoms with van der Waals surface area (Å²) in [4.78, 5) is 33.7. The molecule has 1 heterocycles. The highest BCUT2D eigenvalue weighted by atomic mass is 16.4. The smallest absolute Gasteiger partial charge is 0.326 e. The monoisotopic (exact) mass is 277 g/mol. The topological polar surface area (TPSA) is 122 Å². The van der Waals surface area contributed by atoms with Gasteiger partial charge in [0.1, 0.15) is 6.04 Å². The summed E-state index contributed by atoms with van der Waals surface area (Å²) in [5.41, 5.74) is 7.31. The highest BCUT2D eigenvalue weighted by Gasteiger charge is 2.23. The van der Waals surface area contributed by atoms with Crippen molar-refractivity contribution >= 4 is 23.5 Å². The molecule has 0 unspecified atom stereocenters. The molecule has 0 fully saturated rings. The number of carbonyl (C=O) groups excluding carboxylic acids is 2. The lowest BCUT2D eigenvalue weighted by molar-refractivity contribution is -0.140. The summed E-state index contributed by atoms with van der Waals surface area (Å²) in [6.07, 6.45) is 0.383. The molecular formula is C13H15N3O4. The number of carbonyl (C=O) groups is 3. The molecule has 0 aromatic heterocycles. The van der Waals surface area contributed by atoms with Gasteiger partial charge in [-0.25, -0.2) is 4.79 Å². The molecule has 1 aromatic rings. The second kappa shape index (κ2) is 5.60. The van der Waals surface area contributed by atoms with E-state index in [1.807, 2.05) is 0 Å². The minimum Gasteiger partial charge on any atom is -0.480 e. The molecule has 0 aliphatic carbocycles. The third-order valence-corrected chi connectivity index (χ3v) is 3.09. The predicted molar refractivity (Wildman–Crippen MR) is 71.3 cm³/mol. The number of carboxylic acids is 1. The maximum absolute atomic E-state index is 12.0. The van der Waals surface area contributed by atoms with E-state index in [2.05, 4.69) is 10.6 Å². The molecule has 0 spiro atoms. The predicted octanol–water partition coefficient (Wildman–Crippen LogP) is -0.287. The molecule has 0 radical (unpaired) electrons. The average molecular weight is 277 g/mol. The van der Waals surface area contributed by atoms with Crippen molar-refractivity contribution in [3.63, 3.8) is 0 Å². The zero-order valence-corrected chi connectivity index (χ0v) is 10.7. The van der Waals surface area contributed by atoms with Crippen molar-refractivity contribution in [2.75, 3.05) is 11.9 Å². The van der Waals surface area contributed by atoms with Gasteiger partial charge in [0.25, 0.3) is 5.91 Å². The summed E-state index contributed by atoms with van der Waals surface area (Å²) in [6.45, 7) is 0.819. The summed E-state index contributed by atoms with van der Waals surface area (Å²) < 4.78 is 0. The van der Waals surface area contributed by atoms with Crippen LogP contribution < -0.4 is 16.4 Å². The van der Waals surface area contributed by atoms with Gasteiger partial charge < -0.3 is 21.5 Å². The number of amides is 2. The van der Waals surface area contributed by atoms with Crippen LogP contribution in [0.3, 0.4) is 0 Å². The Morgan fingerprint density at radius 1 is 1.40 bits per heavy atom. The Morgan fingerprint density at radius 3 is 2.80 bits per heavy atom. The fourth-order valence-corrected chi connectivity index (χ4v) is 2.09. The van der Waals surface area contributed by atoms with Crippen molar-refractivity contribution in [2.45, 2.75) is 18.9 Å². The second-order valence-electron chi connectivity index (χ2n) is 4.58. The minimum absolute atomic E-state index is 0.364. The molecular weight excluding hydrogens is 262 g/mol. The van der Waals surface area contributed by atoms with Gasteiger partial charge >= 0.3 is 5.97 Å². The van der Waals surface area contributed by atoms with Crippen LogP contribution in [0.1, 0.15) is 22.3 Å². The largest absolute Gasteiger partial charge is 0.480 e. The van der Waals surface area contributed by atoms with Crippen molar-refractivity contribution in [2.24, 2.45) is 5.73 Å². The molecule has 5 N–H and O–H groups in total. The van der Waals surface area contributed by atoms with Gasteiger partial charge in [-0.3, -0.25) is 9.59 Å². The third-order valence-electron chi connectivity index (χ3n) is 3.09. The number of nitrogens with one attached hydrogen (secondary N) is 2. The lowest BCUT2D eigenvalue weighted by Gasteiger charge is -2.13. The van der Waals surface area contributed by atoms with Crippen molar-refractivity contribution in [1.82, 2.24) is 5.32 Å². The van der Waals surface area contributed by atoms with Gasteiger partial charge in [0.05, 0.1) is 6.42 Å². The molecule has 7 heteroatoms. The van der Waals surface area contributed by atoms with Crippen LogP contribution in [-0.2, 0) is 16.0 Å². The van der Waals surface area contributed by atoms with E-state index < -0.39 is 30.2 Å². The van der Waals surface area contributed by atoms with Crippen LogP contribution in [0, 0.1) is 0 Å². The number of nitrogens with two attached hydrogens (primary N) is 1. The van der Waals surface area contributed by atoms with Gasteiger partial charge in [-0.2, -0.15) is 0 Å². The Morgan fingerprint density at radius 2 is 2.15 bits per heavy atom. The number of hydrogen-bond acceptors (Lipinski definition) is 4. The summed E-state index contributed by atoms with van der Waals surface area (Å²) in [5, 5.41) is 14.4. The lowest BCUT2D eigenvalue weighted by Crippen LogP contribution is -2.43. The van der Waals surface area contributed by atoms with Crippen molar-refractivity contribution in [3.05, 3.63) is 29.3 Å².